The first-order valence-corrected chi connectivity index (χ1v) is 13.8. The van der Waals surface area contributed by atoms with Crippen LogP contribution in [0.25, 0.3) is 0 Å². The molecule has 4 heteroatoms. The molecule has 2 nitrogen and oxygen atoms in total. The Hall–Kier alpha value is -0.166. The van der Waals surface area contributed by atoms with E-state index in [0.29, 0.717) is 0 Å². The Labute approximate surface area is 127 Å². The van der Waals surface area contributed by atoms with Crippen molar-refractivity contribution in [3.63, 3.8) is 0 Å². The van der Waals surface area contributed by atoms with Crippen LogP contribution < -0.4 is 0 Å². The number of hydrogen-bond acceptors (Lipinski definition) is 2. The molecule has 0 aromatic carbocycles. The second kappa shape index (κ2) is 6.73. The van der Waals surface area contributed by atoms with Crippen molar-refractivity contribution >= 4 is 16.6 Å². The van der Waals surface area contributed by atoms with Crippen molar-refractivity contribution in [2.24, 2.45) is 0 Å². The lowest BCUT2D eigenvalue weighted by Gasteiger charge is -2.41. The van der Waals surface area contributed by atoms with Crippen LogP contribution in [0.1, 0.15) is 27.2 Å². The first kappa shape index (κ1) is 17.9. The Kier molecular flexibility index (Phi) is 6.02. The summed E-state index contributed by atoms with van der Waals surface area (Å²) in [5, 5.41) is 0.212. The summed E-state index contributed by atoms with van der Waals surface area (Å²) in [6.07, 6.45) is 8.25. The van der Waals surface area contributed by atoms with Gasteiger partial charge in [0.15, 0.2) is 16.6 Å². The molecule has 0 saturated heterocycles. The monoisotopic (exact) mass is 312 g/mol. The third-order valence-corrected chi connectivity index (χ3v) is 11.0. The van der Waals surface area contributed by atoms with Crippen molar-refractivity contribution < 1.29 is 8.85 Å². The molecule has 0 saturated carbocycles. The van der Waals surface area contributed by atoms with Crippen LogP contribution in [0.15, 0.2) is 23.8 Å². The molecule has 1 rings (SSSR count). The molecule has 116 valence electrons. The third kappa shape index (κ3) is 4.41. The van der Waals surface area contributed by atoms with Gasteiger partial charge in [0.05, 0.1) is 0 Å². The summed E-state index contributed by atoms with van der Waals surface area (Å²) in [5.74, 6) is 0. The van der Waals surface area contributed by atoms with Gasteiger partial charge in [0.2, 0.25) is 0 Å². The van der Waals surface area contributed by atoms with E-state index < -0.39 is 16.6 Å². The van der Waals surface area contributed by atoms with Gasteiger partial charge in [-0.25, -0.2) is 0 Å². The summed E-state index contributed by atoms with van der Waals surface area (Å²) >= 11 is 0. The lowest BCUT2D eigenvalue weighted by molar-refractivity contribution is 0.309. The van der Waals surface area contributed by atoms with Crippen LogP contribution in [-0.2, 0) is 8.85 Å². The first-order valence-electron chi connectivity index (χ1n) is 7.82. The summed E-state index contributed by atoms with van der Waals surface area (Å²) in [6, 6.07) is 1.12. The van der Waals surface area contributed by atoms with E-state index in [1.807, 2.05) is 0 Å². The number of allylic oxidation sites excluding steroid dienone is 4. The zero-order chi connectivity index (χ0) is 15.4. The van der Waals surface area contributed by atoms with E-state index >= 15 is 0 Å². The molecule has 1 unspecified atom stereocenters. The molecule has 0 radical (unpaired) electrons. The lowest BCUT2D eigenvalue weighted by Crippen LogP contribution is -2.43. The maximum absolute atomic E-state index is 6.09. The summed E-state index contributed by atoms with van der Waals surface area (Å²) in [7, 11) is -3.22. The van der Waals surface area contributed by atoms with E-state index in [4.69, 9.17) is 8.85 Å². The zero-order valence-electron chi connectivity index (χ0n) is 14.4. The summed E-state index contributed by atoms with van der Waals surface area (Å²) in [5.41, 5.74) is 1.45. The normalized spacial score (nSPS) is 23.9. The van der Waals surface area contributed by atoms with Gasteiger partial charge in [-0.15, -0.1) is 0 Å². The van der Waals surface area contributed by atoms with Crippen LogP contribution >= 0.6 is 0 Å². The molecular weight excluding hydrogens is 280 g/mol. The van der Waals surface area contributed by atoms with Crippen molar-refractivity contribution in [3.8, 4) is 0 Å². The van der Waals surface area contributed by atoms with Crippen molar-refractivity contribution in [1.82, 2.24) is 0 Å². The fourth-order valence-electron chi connectivity index (χ4n) is 2.81. The molecule has 0 aromatic heterocycles. The second-order valence-corrected chi connectivity index (χ2v) is 15.7. The standard InChI is InChI=1S/C16H32O2Si2/c1-8-17-19(4,5)14-15-10-12-16(3,13-11-15)20(6,7)18-9-2/h10-12H,8-9,13-14H2,1-7H3. The molecule has 1 aliphatic carbocycles. The van der Waals surface area contributed by atoms with E-state index in [0.717, 1.165) is 25.7 Å². The predicted molar refractivity (Wildman–Crippen MR) is 93.2 cm³/mol. The maximum atomic E-state index is 6.09. The summed E-state index contributed by atoms with van der Waals surface area (Å²) in [4.78, 5) is 0. The van der Waals surface area contributed by atoms with Crippen LogP contribution in [0.3, 0.4) is 0 Å². The first-order chi connectivity index (χ1) is 9.16. The average Bonchev–Trinajstić information content (AvgIpc) is 2.31. The largest absolute Gasteiger partial charge is 0.417 e. The van der Waals surface area contributed by atoms with Crippen molar-refractivity contribution in [1.29, 1.82) is 0 Å². The van der Waals surface area contributed by atoms with Gasteiger partial charge in [-0.1, -0.05) is 30.7 Å². The highest BCUT2D eigenvalue weighted by Gasteiger charge is 2.43. The Morgan fingerprint density at radius 3 is 2.15 bits per heavy atom. The van der Waals surface area contributed by atoms with Gasteiger partial charge < -0.3 is 8.85 Å². The molecule has 0 amide bonds. The molecule has 0 aromatic rings. The van der Waals surface area contributed by atoms with Crippen LogP contribution in [0.5, 0.6) is 0 Å². The summed E-state index contributed by atoms with van der Waals surface area (Å²) in [6.45, 7) is 17.5. The molecule has 0 bridgehead atoms. The Bertz CT molecular complexity index is 386. The van der Waals surface area contributed by atoms with Crippen LogP contribution in [0, 0.1) is 0 Å². The molecule has 1 aliphatic rings. The summed E-state index contributed by atoms with van der Waals surface area (Å²) < 4.78 is 12.0. The molecule has 1 atom stereocenters. The van der Waals surface area contributed by atoms with E-state index in [2.05, 4.69) is 65.2 Å². The van der Waals surface area contributed by atoms with Gasteiger partial charge in [-0.3, -0.25) is 0 Å². The zero-order valence-corrected chi connectivity index (χ0v) is 16.4. The Morgan fingerprint density at radius 1 is 1.10 bits per heavy atom. The van der Waals surface area contributed by atoms with Crippen molar-refractivity contribution in [2.75, 3.05) is 13.2 Å². The lowest BCUT2D eigenvalue weighted by atomic mass is 9.98. The van der Waals surface area contributed by atoms with Gasteiger partial charge in [-0.2, -0.15) is 0 Å². The SMILES string of the molecule is CCO[Si](C)(C)CC1=CCC(C)([Si](C)(C)OCC)C=C1. The second-order valence-electron chi connectivity index (χ2n) is 7.05. The average molecular weight is 313 g/mol. The molecule has 20 heavy (non-hydrogen) atoms. The quantitative estimate of drug-likeness (QED) is 0.608. The van der Waals surface area contributed by atoms with Crippen LogP contribution in [0.2, 0.25) is 37.3 Å². The number of rotatable bonds is 7. The minimum atomic E-state index is -1.68. The predicted octanol–water partition coefficient (Wildman–Crippen LogP) is 5.12. The van der Waals surface area contributed by atoms with Gasteiger partial charge in [-0.05, 0) is 52.5 Å². The highest BCUT2D eigenvalue weighted by molar-refractivity contribution is 6.75. The fourth-order valence-corrected chi connectivity index (χ4v) is 7.07. The van der Waals surface area contributed by atoms with Crippen molar-refractivity contribution in [2.45, 2.75) is 64.5 Å². The molecular formula is C16H32O2Si2. The molecule has 0 fully saturated rings. The maximum Gasteiger partial charge on any atom is 0.196 e. The molecule has 0 aliphatic heterocycles. The minimum Gasteiger partial charge on any atom is -0.417 e. The number of hydrogen-bond donors (Lipinski definition) is 0. The van der Waals surface area contributed by atoms with Gasteiger partial charge in [0.1, 0.15) is 0 Å². The highest BCUT2D eigenvalue weighted by Crippen LogP contribution is 2.46. The third-order valence-electron chi connectivity index (χ3n) is 4.50. The smallest absolute Gasteiger partial charge is 0.196 e. The minimum absolute atomic E-state index is 0.212. The van der Waals surface area contributed by atoms with Gasteiger partial charge >= 0.3 is 0 Å². The van der Waals surface area contributed by atoms with Crippen LogP contribution in [-0.4, -0.2) is 29.8 Å². The van der Waals surface area contributed by atoms with Crippen LogP contribution in [0.4, 0.5) is 0 Å². The molecule has 0 spiro atoms. The fraction of sp³-hybridized carbons (Fsp3) is 0.750. The molecule has 0 N–H and O–H groups in total. The van der Waals surface area contributed by atoms with Gasteiger partial charge in [0, 0.05) is 18.3 Å². The van der Waals surface area contributed by atoms with E-state index in [9.17, 15) is 0 Å². The van der Waals surface area contributed by atoms with E-state index in [1.165, 1.54) is 5.57 Å². The topological polar surface area (TPSA) is 18.5 Å². The van der Waals surface area contributed by atoms with Crippen molar-refractivity contribution in [3.05, 3.63) is 23.8 Å². The van der Waals surface area contributed by atoms with E-state index in [1.54, 1.807) is 0 Å². The van der Waals surface area contributed by atoms with Gasteiger partial charge in [0.25, 0.3) is 0 Å². The Morgan fingerprint density at radius 2 is 1.70 bits per heavy atom. The molecule has 0 heterocycles. The Balaban J connectivity index is 2.73. The van der Waals surface area contributed by atoms with E-state index in [-0.39, 0.29) is 5.04 Å². The highest BCUT2D eigenvalue weighted by atomic mass is 28.4.